The molecular weight excluding hydrogens is 299 g/mol. The van der Waals surface area contributed by atoms with Gasteiger partial charge in [0.2, 0.25) is 0 Å². The first-order valence-electron chi connectivity index (χ1n) is 6.05. The number of aromatic nitrogens is 1. The highest BCUT2D eigenvalue weighted by Gasteiger charge is 2.14. The van der Waals surface area contributed by atoms with Crippen LogP contribution in [0.3, 0.4) is 0 Å². The second-order valence-electron chi connectivity index (χ2n) is 4.51. The van der Waals surface area contributed by atoms with Crippen molar-refractivity contribution >= 4 is 34.5 Å². The van der Waals surface area contributed by atoms with Crippen molar-refractivity contribution in [2.24, 2.45) is 0 Å². The minimum atomic E-state index is 0.294. The summed E-state index contributed by atoms with van der Waals surface area (Å²) in [6.45, 7) is 2.98. The van der Waals surface area contributed by atoms with Crippen molar-refractivity contribution in [2.75, 3.05) is 7.05 Å². The zero-order valence-electron chi connectivity index (χ0n) is 10.9. The molecule has 19 heavy (non-hydrogen) atoms. The van der Waals surface area contributed by atoms with Crippen molar-refractivity contribution in [1.82, 2.24) is 9.88 Å². The number of rotatable bonds is 5. The van der Waals surface area contributed by atoms with Crippen molar-refractivity contribution in [3.05, 3.63) is 50.9 Å². The zero-order valence-corrected chi connectivity index (χ0v) is 13.3. The molecule has 1 aromatic carbocycles. The summed E-state index contributed by atoms with van der Waals surface area (Å²) in [6, 6.07) is 8.28. The molecule has 0 saturated heterocycles. The van der Waals surface area contributed by atoms with Gasteiger partial charge in [-0.15, -0.1) is 22.9 Å². The Morgan fingerprint density at radius 1 is 1.42 bits per heavy atom. The van der Waals surface area contributed by atoms with Gasteiger partial charge in [0, 0.05) is 16.4 Å². The van der Waals surface area contributed by atoms with Crippen LogP contribution in [0.2, 0.25) is 5.02 Å². The van der Waals surface area contributed by atoms with Gasteiger partial charge in [0.15, 0.2) is 0 Å². The predicted octanol–water partition coefficient (Wildman–Crippen LogP) is 4.73. The molecule has 5 heteroatoms. The van der Waals surface area contributed by atoms with Crippen LogP contribution in [0.25, 0.3) is 0 Å². The maximum absolute atomic E-state index is 6.03. The Balaban J connectivity index is 2.04. The van der Waals surface area contributed by atoms with Gasteiger partial charge in [-0.25, -0.2) is 4.98 Å². The molecule has 0 saturated carbocycles. The Morgan fingerprint density at radius 3 is 2.84 bits per heavy atom. The minimum Gasteiger partial charge on any atom is -0.293 e. The summed E-state index contributed by atoms with van der Waals surface area (Å²) < 4.78 is 0. The lowest BCUT2D eigenvalue weighted by Gasteiger charge is -2.24. The third-order valence-electron chi connectivity index (χ3n) is 3.11. The van der Waals surface area contributed by atoms with Crippen LogP contribution < -0.4 is 0 Å². The molecular formula is C14H16Cl2N2S. The molecule has 0 radical (unpaired) electrons. The van der Waals surface area contributed by atoms with Gasteiger partial charge in [-0.05, 0) is 31.7 Å². The molecule has 0 aliphatic rings. The molecule has 1 atom stereocenters. The van der Waals surface area contributed by atoms with Crippen LogP contribution in [0.15, 0.2) is 29.6 Å². The predicted molar refractivity (Wildman–Crippen MR) is 83.0 cm³/mol. The van der Waals surface area contributed by atoms with Crippen LogP contribution in [0.1, 0.15) is 29.2 Å². The van der Waals surface area contributed by atoms with Crippen LogP contribution in [0, 0.1) is 0 Å². The Hall–Kier alpha value is -0.610. The molecule has 1 heterocycles. The Labute approximate surface area is 128 Å². The van der Waals surface area contributed by atoms with Gasteiger partial charge in [0.25, 0.3) is 0 Å². The topological polar surface area (TPSA) is 16.1 Å². The first-order valence-corrected chi connectivity index (χ1v) is 7.84. The first kappa shape index (κ1) is 14.8. The lowest BCUT2D eigenvalue weighted by molar-refractivity contribution is 0.252. The van der Waals surface area contributed by atoms with Crippen molar-refractivity contribution in [3.8, 4) is 0 Å². The minimum absolute atomic E-state index is 0.294. The van der Waals surface area contributed by atoms with E-state index in [-0.39, 0.29) is 0 Å². The Kier molecular flexibility index (Phi) is 5.22. The summed E-state index contributed by atoms with van der Waals surface area (Å²) in [4.78, 5) is 6.73. The fraction of sp³-hybridized carbons (Fsp3) is 0.357. The zero-order chi connectivity index (χ0) is 13.8. The van der Waals surface area contributed by atoms with Crippen molar-refractivity contribution < 1.29 is 0 Å². The fourth-order valence-corrected chi connectivity index (χ4v) is 3.14. The van der Waals surface area contributed by atoms with Gasteiger partial charge in [0.1, 0.15) is 5.01 Å². The highest BCUT2D eigenvalue weighted by Crippen LogP contribution is 2.24. The van der Waals surface area contributed by atoms with E-state index in [4.69, 9.17) is 23.2 Å². The second-order valence-corrected chi connectivity index (χ2v) is 6.16. The van der Waals surface area contributed by atoms with Gasteiger partial charge in [-0.2, -0.15) is 0 Å². The highest BCUT2D eigenvalue weighted by molar-refractivity contribution is 7.09. The Bertz CT molecular complexity index is 542. The van der Waals surface area contributed by atoms with E-state index in [9.17, 15) is 0 Å². The van der Waals surface area contributed by atoms with Gasteiger partial charge in [-0.3, -0.25) is 4.90 Å². The normalized spacial score (nSPS) is 12.9. The van der Waals surface area contributed by atoms with Crippen molar-refractivity contribution in [1.29, 1.82) is 0 Å². The van der Waals surface area contributed by atoms with Crippen molar-refractivity contribution in [2.45, 2.75) is 25.4 Å². The van der Waals surface area contributed by atoms with Crippen molar-refractivity contribution in [3.63, 3.8) is 0 Å². The number of hydrogen-bond acceptors (Lipinski definition) is 3. The molecule has 0 spiro atoms. The summed E-state index contributed by atoms with van der Waals surface area (Å²) in [5.74, 6) is 0.476. The highest BCUT2D eigenvalue weighted by atomic mass is 35.5. The van der Waals surface area contributed by atoms with Crippen LogP contribution in [-0.2, 0) is 12.4 Å². The first-order chi connectivity index (χ1) is 9.10. The van der Waals surface area contributed by atoms with Gasteiger partial charge in [-0.1, -0.05) is 23.7 Å². The smallest absolute Gasteiger partial charge is 0.107 e. The molecule has 1 aromatic heterocycles. The molecule has 2 nitrogen and oxygen atoms in total. The van der Waals surface area contributed by atoms with E-state index < -0.39 is 0 Å². The summed E-state index contributed by atoms with van der Waals surface area (Å²) in [7, 11) is 2.09. The molecule has 0 aliphatic heterocycles. The molecule has 0 N–H and O–H groups in total. The van der Waals surface area contributed by atoms with E-state index >= 15 is 0 Å². The van der Waals surface area contributed by atoms with Crippen LogP contribution in [0.5, 0.6) is 0 Å². The average Bonchev–Trinajstić information content (AvgIpc) is 2.85. The van der Waals surface area contributed by atoms with Crippen LogP contribution >= 0.6 is 34.5 Å². The molecule has 102 valence electrons. The molecule has 0 bridgehead atoms. The molecule has 0 fully saturated rings. The van der Waals surface area contributed by atoms with E-state index in [2.05, 4.69) is 29.9 Å². The summed E-state index contributed by atoms with van der Waals surface area (Å²) in [5.41, 5.74) is 2.16. The summed E-state index contributed by atoms with van der Waals surface area (Å²) in [5, 5.41) is 3.88. The lowest BCUT2D eigenvalue weighted by Crippen LogP contribution is -2.21. The summed E-state index contributed by atoms with van der Waals surface area (Å²) >= 11 is 13.5. The van der Waals surface area contributed by atoms with Crippen LogP contribution in [-0.4, -0.2) is 16.9 Å². The van der Waals surface area contributed by atoms with Gasteiger partial charge < -0.3 is 0 Å². The number of halogens is 2. The van der Waals surface area contributed by atoms with Gasteiger partial charge in [0.05, 0.1) is 18.1 Å². The second kappa shape index (κ2) is 6.71. The van der Waals surface area contributed by atoms with Crippen LogP contribution in [0.4, 0.5) is 0 Å². The number of alkyl halides is 1. The molecule has 2 rings (SSSR count). The molecule has 0 amide bonds. The fourth-order valence-electron chi connectivity index (χ4n) is 1.85. The quantitative estimate of drug-likeness (QED) is 0.742. The largest absolute Gasteiger partial charge is 0.293 e. The van der Waals surface area contributed by atoms with E-state index in [1.165, 1.54) is 5.56 Å². The summed E-state index contributed by atoms with van der Waals surface area (Å²) in [6.07, 6.45) is 0. The van der Waals surface area contributed by atoms with E-state index in [0.717, 1.165) is 22.3 Å². The number of benzene rings is 1. The third kappa shape index (κ3) is 3.93. The average molecular weight is 315 g/mol. The van der Waals surface area contributed by atoms with E-state index in [1.807, 2.05) is 23.6 Å². The van der Waals surface area contributed by atoms with Gasteiger partial charge >= 0.3 is 0 Å². The molecule has 1 unspecified atom stereocenters. The SMILES string of the molecule is CC(c1cccc(Cl)c1)N(C)Cc1nc(CCl)cs1. The lowest BCUT2D eigenvalue weighted by atomic mass is 10.1. The number of thiazole rings is 1. The number of hydrogen-bond donors (Lipinski definition) is 0. The molecule has 0 aliphatic carbocycles. The molecule has 2 aromatic rings. The maximum atomic E-state index is 6.03. The number of nitrogens with zero attached hydrogens (tertiary/aromatic N) is 2. The maximum Gasteiger partial charge on any atom is 0.107 e. The van der Waals surface area contributed by atoms with E-state index in [0.29, 0.717) is 11.9 Å². The Morgan fingerprint density at radius 2 is 2.21 bits per heavy atom. The monoisotopic (exact) mass is 314 g/mol. The third-order valence-corrected chi connectivity index (χ3v) is 4.50. The standard InChI is InChI=1S/C14H16Cl2N2S/c1-10(11-4-3-5-12(16)6-11)18(2)8-14-17-13(7-15)9-19-14/h3-6,9-10H,7-8H2,1-2H3. The van der Waals surface area contributed by atoms with E-state index in [1.54, 1.807) is 11.3 Å².